The largest absolute Gasteiger partial charge is 0.433 e. The van der Waals surface area contributed by atoms with Gasteiger partial charge in [0.05, 0.1) is 12.1 Å². The zero-order valence-corrected chi connectivity index (χ0v) is 10.9. The second kappa shape index (κ2) is 5.80. The van der Waals surface area contributed by atoms with Crippen molar-refractivity contribution in [3.63, 3.8) is 0 Å². The lowest BCUT2D eigenvalue weighted by Crippen LogP contribution is -2.31. The third kappa shape index (κ3) is 3.48. The monoisotopic (exact) mass is 291 g/mol. The normalized spacial score (nSPS) is 20.8. The molecule has 0 amide bonds. The van der Waals surface area contributed by atoms with Gasteiger partial charge >= 0.3 is 6.18 Å². The minimum Gasteiger partial charge on any atom is -0.376 e. The number of nitrogen functional groups attached to an aromatic ring is 1. The summed E-state index contributed by atoms with van der Waals surface area (Å²) >= 11 is 0. The van der Waals surface area contributed by atoms with Gasteiger partial charge in [-0.05, 0) is 19.8 Å². The minimum absolute atomic E-state index is 0.0337. The number of ether oxygens (including phenoxy) is 1. The quantitative estimate of drug-likeness (QED) is 0.579. The van der Waals surface area contributed by atoms with Gasteiger partial charge in [-0.1, -0.05) is 0 Å². The number of hydrazine groups is 1. The summed E-state index contributed by atoms with van der Waals surface area (Å²) in [6.45, 7) is 2.50. The number of nitrogens with one attached hydrogen (secondary N) is 2. The van der Waals surface area contributed by atoms with Crippen molar-refractivity contribution in [2.45, 2.75) is 38.1 Å². The molecule has 1 aliphatic rings. The highest BCUT2D eigenvalue weighted by atomic mass is 19.4. The van der Waals surface area contributed by atoms with Crippen molar-refractivity contribution in [3.8, 4) is 0 Å². The average molecular weight is 291 g/mol. The van der Waals surface area contributed by atoms with Gasteiger partial charge in [0.25, 0.3) is 0 Å². The standard InChI is InChI=1S/C11H16F3N5O/c1-6(7-3-2-4-20-7)16-9-5-8(11(12,13)14)17-10(18-9)19-15/h5-7H,2-4,15H2,1H3,(H2,16,17,18,19). The highest BCUT2D eigenvalue weighted by Gasteiger charge is 2.34. The maximum atomic E-state index is 12.7. The van der Waals surface area contributed by atoms with Crippen molar-refractivity contribution >= 4 is 11.8 Å². The van der Waals surface area contributed by atoms with Crippen molar-refractivity contribution in [3.05, 3.63) is 11.8 Å². The van der Waals surface area contributed by atoms with Crippen LogP contribution in [0.2, 0.25) is 0 Å². The molecule has 0 aliphatic carbocycles. The summed E-state index contributed by atoms with van der Waals surface area (Å²) in [7, 11) is 0. The molecule has 1 aliphatic heterocycles. The molecule has 1 aromatic rings. The van der Waals surface area contributed by atoms with Crippen LogP contribution in [-0.4, -0.2) is 28.7 Å². The molecule has 2 atom stereocenters. The van der Waals surface area contributed by atoms with Crippen LogP contribution in [0.25, 0.3) is 0 Å². The first-order valence-electron chi connectivity index (χ1n) is 6.21. The van der Waals surface area contributed by atoms with Crippen molar-refractivity contribution in [2.75, 3.05) is 17.3 Å². The Kier molecular flexibility index (Phi) is 4.29. The first-order chi connectivity index (χ1) is 9.40. The number of halogens is 3. The van der Waals surface area contributed by atoms with Crippen LogP contribution >= 0.6 is 0 Å². The molecule has 1 aromatic heterocycles. The number of nitrogens with two attached hydrogens (primary N) is 1. The van der Waals surface area contributed by atoms with Crippen LogP contribution in [0.1, 0.15) is 25.5 Å². The fourth-order valence-corrected chi connectivity index (χ4v) is 2.05. The number of aromatic nitrogens is 2. The number of alkyl halides is 3. The molecular weight excluding hydrogens is 275 g/mol. The Hall–Kier alpha value is -1.61. The van der Waals surface area contributed by atoms with Crippen LogP contribution in [0.4, 0.5) is 24.9 Å². The van der Waals surface area contributed by atoms with Crippen LogP contribution in [0.15, 0.2) is 6.07 Å². The summed E-state index contributed by atoms with van der Waals surface area (Å²) in [6, 6.07) is 0.700. The Morgan fingerprint density at radius 1 is 1.45 bits per heavy atom. The zero-order valence-electron chi connectivity index (χ0n) is 10.9. The lowest BCUT2D eigenvalue weighted by atomic mass is 10.1. The number of anilines is 2. The first kappa shape index (κ1) is 14.8. The lowest BCUT2D eigenvalue weighted by Gasteiger charge is -2.21. The zero-order chi connectivity index (χ0) is 14.8. The summed E-state index contributed by atoms with van der Waals surface area (Å²) in [5, 5.41) is 2.90. The van der Waals surface area contributed by atoms with Gasteiger partial charge in [-0.15, -0.1) is 0 Å². The van der Waals surface area contributed by atoms with Crippen LogP contribution in [0, 0.1) is 0 Å². The van der Waals surface area contributed by atoms with E-state index >= 15 is 0 Å². The summed E-state index contributed by atoms with van der Waals surface area (Å²) in [5.41, 5.74) is 0.976. The van der Waals surface area contributed by atoms with Crippen molar-refractivity contribution in [1.82, 2.24) is 9.97 Å². The molecule has 0 saturated carbocycles. The van der Waals surface area contributed by atoms with E-state index in [-0.39, 0.29) is 23.9 Å². The molecule has 4 N–H and O–H groups in total. The molecule has 0 aromatic carbocycles. The van der Waals surface area contributed by atoms with E-state index in [4.69, 9.17) is 10.6 Å². The number of rotatable bonds is 4. The Balaban J connectivity index is 2.17. The van der Waals surface area contributed by atoms with Crippen LogP contribution in [0.3, 0.4) is 0 Å². The Labute approximate surface area is 113 Å². The van der Waals surface area contributed by atoms with E-state index in [1.807, 2.05) is 12.3 Å². The highest BCUT2D eigenvalue weighted by molar-refractivity contribution is 5.43. The molecule has 0 radical (unpaired) electrons. The smallest absolute Gasteiger partial charge is 0.376 e. The van der Waals surface area contributed by atoms with E-state index in [2.05, 4.69) is 15.3 Å². The van der Waals surface area contributed by atoms with Gasteiger partial charge in [-0.2, -0.15) is 18.2 Å². The van der Waals surface area contributed by atoms with E-state index < -0.39 is 11.9 Å². The third-order valence-corrected chi connectivity index (χ3v) is 3.04. The molecule has 1 fully saturated rings. The lowest BCUT2D eigenvalue weighted by molar-refractivity contribution is -0.141. The molecular formula is C11H16F3N5O. The first-order valence-corrected chi connectivity index (χ1v) is 6.21. The Morgan fingerprint density at radius 2 is 2.20 bits per heavy atom. The second-order valence-corrected chi connectivity index (χ2v) is 4.59. The van der Waals surface area contributed by atoms with Gasteiger partial charge in [0.1, 0.15) is 5.82 Å². The molecule has 2 unspecified atom stereocenters. The summed E-state index contributed by atoms with van der Waals surface area (Å²) in [5.74, 6) is 4.86. The van der Waals surface area contributed by atoms with Gasteiger partial charge in [0.15, 0.2) is 5.69 Å². The summed E-state index contributed by atoms with van der Waals surface area (Å²) < 4.78 is 43.6. The Morgan fingerprint density at radius 3 is 2.75 bits per heavy atom. The molecule has 112 valence electrons. The minimum atomic E-state index is -4.56. The van der Waals surface area contributed by atoms with E-state index in [0.29, 0.717) is 6.61 Å². The van der Waals surface area contributed by atoms with Crippen LogP contribution in [0.5, 0.6) is 0 Å². The molecule has 1 saturated heterocycles. The summed E-state index contributed by atoms with van der Waals surface area (Å²) in [4.78, 5) is 7.15. The van der Waals surface area contributed by atoms with Crippen LogP contribution in [-0.2, 0) is 10.9 Å². The molecule has 2 rings (SSSR count). The fraction of sp³-hybridized carbons (Fsp3) is 0.636. The van der Waals surface area contributed by atoms with E-state index in [1.54, 1.807) is 0 Å². The average Bonchev–Trinajstić information content (AvgIpc) is 2.91. The topological polar surface area (TPSA) is 85.1 Å². The molecule has 2 heterocycles. The Bertz CT molecular complexity index is 462. The highest BCUT2D eigenvalue weighted by Crippen LogP contribution is 2.30. The van der Waals surface area contributed by atoms with E-state index in [1.165, 1.54) is 0 Å². The van der Waals surface area contributed by atoms with Crippen LogP contribution < -0.4 is 16.6 Å². The summed E-state index contributed by atoms with van der Waals surface area (Å²) in [6.07, 6.45) is -2.77. The predicted molar refractivity (Wildman–Crippen MR) is 66.9 cm³/mol. The van der Waals surface area contributed by atoms with Crippen molar-refractivity contribution < 1.29 is 17.9 Å². The maximum Gasteiger partial charge on any atom is 0.433 e. The molecule has 6 nitrogen and oxygen atoms in total. The molecule has 0 bridgehead atoms. The van der Waals surface area contributed by atoms with Gasteiger partial charge < -0.3 is 10.1 Å². The van der Waals surface area contributed by atoms with Gasteiger partial charge in [0.2, 0.25) is 5.95 Å². The van der Waals surface area contributed by atoms with E-state index in [9.17, 15) is 13.2 Å². The molecule has 0 spiro atoms. The SMILES string of the molecule is CC(Nc1cc(C(F)(F)F)nc(NN)n1)C1CCCO1. The molecule has 9 heteroatoms. The number of hydrogen-bond acceptors (Lipinski definition) is 6. The predicted octanol–water partition coefficient (Wildman–Crippen LogP) is 1.76. The fourth-order valence-electron chi connectivity index (χ4n) is 2.05. The second-order valence-electron chi connectivity index (χ2n) is 4.59. The van der Waals surface area contributed by atoms with Crippen molar-refractivity contribution in [1.29, 1.82) is 0 Å². The molecule has 20 heavy (non-hydrogen) atoms. The van der Waals surface area contributed by atoms with Gasteiger partial charge in [-0.3, -0.25) is 5.43 Å². The number of nitrogens with zero attached hydrogens (tertiary/aromatic N) is 2. The van der Waals surface area contributed by atoms with Gasteiger partial charge in [-0.25, -0.2) is 10.8 Å². The maximum absolute atomic E-state index is 12.7. The van der Waals surface area contributed by atoms with E-state index in [0.717, 1.165) is 18.9 Å². The number of hydrogen-bond donors (Lipinski definition) is 3. The van der Waals surface area contributed by atoms with Gasteiger partial charge in [0, 0.05) is 12.7 Å². The van der Waals surface area contributed by atoms with Crippen molar-refractivity contribution in [2.24, 2.45) is 5.84 Å². The third-order valence-electron chi connectivity index (χ3n) is 3.04.